The molecule has 0 N–H and O–H groups in total. The fourth-order valence-corrected chi connectivity index (χ4v) is 6.23. The van der Waals surface area contributed by atoms with Gasteiger partial charge in [0.2, 0.25) is 5.91 Å². The molecule has 1 atom stereocenters. The molecule has 0 aromatic heterocycles. The highest BCUT2D eigenvalue weighted by molar-refractivity contribution is 8.14. The maximum absolute atomic E-state index is 13.7. The van der Waals surface area contributed by atoms with Crippen LogP contribution in [0.2, 0.25) is 0 Å². The zero-order valence-corrected chi connectivity index (χ0v) is 22.9. The zero-order valence-electron chi connectivity index (χ0n) is 22.1. The van der Waals surface area contributed by atoms with E-state index in [9.17, 15) is 14.0 Å². The number of hydrogen-bond acceptors (Lipinski definition) is 6. The quantitative estimate of drug-likeness (QED) is 0.281. The molecule has 202 valence electrons. The number of hydrazone groups is 1. The van der Waals surface area contributed by atoms with Crippen LogP contribution >= 0.6 is 11.8 Å². The second-order valence-corrected chi connectivity index (χ2v) is 10.9. The predicted octanol–water partition coefficient (Wildman–Crippen LogP) is 7.13. The highest BCUT2D eigenvalue weighted by Gasteiger charge is 2.39. The van der Waals surface area contributed by atoms with Gasteiger partial charge in [-0.05, 0) is 61.7 Å². The number of ether oxygens (including phenoxy) is 2. The minimum absolute atomic E-state index is 0.00117. The molecule has 2 aliphatic rings. The molecule has 1 aliphatic heterocycles. The van der Waals surface area contributed by atoms with Gasteiger partial charge in [0.25, 0.3) is 0 Å². The molecule has 1 unspecified atom stereocenters. The lowest BCUT2D eigenvalue weighted by Crippen LogP contribution is -2.33. The van der Waals surface area contributed by atoms with E-state index in [1.807, 2.05) is 36.4 Å². The topological polar surface area (TPSA) is 68.2 Å². The van der Waals surface area contributed by atoms with Crippen molar-refractivity contribution in [3.05, 3.63) is 94.8 Å². The molecular weight excluding hydrogens is 515 g/mol. The molecule has 0 saturated heterocycles. The Hall–Kier alpha value is -3.65. The summed E-state index contributed by atoms with van der Waals surface area (Å²) in [5.74, 6) is 0.651. The smallest absolute Gasteiger partial charge is 0.247 e. The van der Waals surface area contributed by atoms with Crippen molar-refractivity contribution in [2.75, 3.05) is 7.11 Å². The van der Waals surface area contributed by atoms with Gasteiger partial charge in [0.1, 0.15) is 22.8 Å². The normalized spacial score (nSPS) is 17.6. The molecule has 6 nitrogen and oxygen atoms in total. The number of para-hydroxylation sites is 1. The second-order valence-electron chi connectivity index (χ2n) is 9.82. The Bertz CT molecular complexity index is 1390. The van der Waals surface area contributed by atoms with Crippen molar-refractivity contribution in [3.8, 4) is 11.5 Å². The summed E-state index contributed by atoms with van der Waals surface area (Å²) in [6.45, 7) is 1.79. The number of carbonyl (C=O) groups excluding carboxylic acids is 2. The molecule has 1 amide bonds. The minimum Gasteiger partial charge on any atom is -0.492 e. The lowest BCUT2D eigenvalue weighted by Gasteiger charge is -2.28. The van der Waals surface area contributed by atoms with Crippen LogP contribution in [-0.2, 0) is 11.4 Å². The predicted molar refractivity (Wildman–Crippen MR) is 150 cm³/mol. The van der Waals surface area contributed by atoms with Gasteiger partial charge in [-0.1, -0.05) is 61.4 Å². The van der Waals surface area contributed by atoms with Gasteiger partial charge in [0.15, 0.2) is 17.3 Å². The molecule has 8 heteroatoms. The summed E-state index contributed by atoms with van der Waals surface area (Å²) in [6, 6.07) is 19.1. The van der Waals surface area contributed by atoms with Crippen molar-refractivity contribution in [1.29, 1.82) is 0 Å². The molecule has 0 radical (unpaired) electrons. The highest BCUT2D eigenvalue weighted by atomic mass is 32.2. The number of Topliss-reactive ketones (excluding diaryl/α,β-unsaturated/α-hetero) is 1. The van der Waals surface area contributed by atoms with Crippen LogP contribution in [0.25, 0.3) is 0 Å². The number of nitrogens with zero attached hydrogens (tertiary/aromatic N) is 2. The van der Waals surface area contributed by atoms with Crippen LogP contribution in [0.5, 0.6) is 11.5 Å². The van der Waals surface area contributed by atoms with E-state index in [2.05, 4.69) is 0 Å². The Morgan fingerprint density at radius 2 is 1.77 bits per heavy atom. The molecule has 1 aliphatic carbocycles. The number of hydrogen-bond donors (Lipinski definition) is 0. The molecule has 0 spiro atoms. The lowest BCUT2D eigenvalue weighted by molar-refractivity contribution is -0.137. The van der Waals surface area contributed by atoms with E-state index in [0.717, 1.165) is 48.8 Å². The summed E-state index contributed by atoms with van der Waals surface area (Å²) in [4.78, 5) is 25.5. The Kier molecular flexibility index (Phi) is 8.31. The monoisotopic (exact) mass is 546 g/mol. The Balaban J connectivity index is 1.45. The number of amides is 1. The third-order valence-corrected chi connectivity index (χ3v) is 8.34. The van der Waals surface area contributed by atoms with Crippen molar-refractivity contribution < 1.29 is 23.5 Å². The van der Waals surface area contributed by atoms with E-state index >= 15 is 0 Å². The van der Waals surface area contributed by atoms with Gasteiger partial charge in [-0.25, -0.2) is 9.40 Å². The van der Waals surface area contributed by atoms with Gasteiger partial charge in [-0.15, -0.1) is 0 Å². The first-order valence-corrected chi connectivity index (χ1v) is 14.1. The molecule has 3 aromatic rings. The van der Waals surface area contributed by atoms with Crippen LogP contribution in [0.15, 0.2) is 71.8 Å². The summed E-state index contributed by atoms with van der Waals surface area (Å²) in [5.41, 5.74) is 3.01. The minimum atomic E-state index is -0.459. The van der Waals surface area contributed by atoms with Crippen LogP contribution in [0, 0.1) is 11.7 Å². The van der Waals surface area contributed by atoms with Crippen LogP contribution < -0.4 is 9.47 Å². The summed E-state index contributed by atoms with van der Waals surface area (Å²) in [6.07, 6.45) is 4.93. The van der Waals surface area contributed by atoms with Crippen LogP contribution in [0.4, 0.5) is 4.39 Å². The molecule has 0 bridgehead atoms. The van der Waals surface area contributed by atoms with E-state index in [0.29, 0.717) is 22.1 Å². The van der Waals surface area contributed by atoms with Crippen LogP contribution in [0.1, 0.15) is 71.5 Å². The molecule has 1 saturated carbocycles. The molecule has 5 rings (SSSR count). The largest absolute Gasteiger partial charge is 0.492 e. The fourth-order valence-electron chi connectivity index (χ4n) is 5.04. The van der Waals surface area contributed by atoms with Crippen molar-refractivity contribution >= 4 is 28.5 Å². The van der Waals surface area contributed by atoms with Crippen LogP contribution in [0.3, 0.4) is 0 Å². The van der Waals surface area contributed by atoms with Gasteiger partial charge in [0, 0.05) is 22.6 Å². The van der Waals surface area contributed by atoms with Gasteiger partial charge in [0.05, 0.1) is 7.11 Å². The third-order valence-electron chi connectivity index (χ3n) is 7.12. The fraction of sp³-hybridized carbons (Fsp3) is 0.323. The van der Waals surface area contributed by atoms with Gasteiger partial charge < -0.3 is 9.47 Å². The lowest BCUT2D eigenvalue weighted by atomic mass is 9.88. The van der Waals surface area contributed by atoms with Crippen LogP contribution in [-0.4, -0.2) is 28.9 Å². The Labute approximate surface area is 232 Å². The first-order valence-electron chi connectivity index (χ1n) is 13.2. The van der Waals surface area contributed by atoms with E-state index in [1.165, 1.54) is 30.8 Å². The standard InChI is InChI=1S/C31H31FN2O4S/c1-20(35)24-11-6-8-21(18-24)19-38-27-13-7-12-26(28(27)37-2)31-34(30(36)23-9-4-3-5-10-23)33-29(39-31)22-14-16-25(32)17-15-22/h6-8,11-18,23,31H,3-5,9-10,19H2,1-2H3. The zero-order chi connectivity index (χ0) is 27.4. The van der Waals surface area contributed by atoms with Crippen molar-refractivity contribution in [2.45, 2.75) is 51.0 Å². The number of methoxy groups -OCH3 is 1. The summed E-state index contributed by atoms with van der Waals surface area (Å²) in [5, 5.41) is 6.53. The summed E-state index contributed by atoms with van der Waals surface area (Å²) >= 11 is 1.44. The molecule has 1 fully saturated rings. The average Bonchev–Trinajstić information content (AvgIpc) is 3.41. The average molecular weight is 547 g/mol. The molecular formula is C31H31FN2O4S. The van der Waals surface area contributed by atoms with Gasteiger partial charge in [-0.2, -0.15) is 5.10 Å². The maximum Gasteiger partial charge on any atom is 0.247 e. The first-order chi connectivity index (χ1) is 18.9. The number of rotatable bonds is 8. The first kappa shape index (κ1) is 26.9. The molecule has 1 heterocycles. The van der Waals surface area contributed by atoms with E-state index in [4.69, 9.17) is 14.6 Å². The highest BCUT2D eigenvalue weighted by Crippen LogP contribution is 2.48. The number of ketones is 1. The summed E-state index contributed by atoms with van der Waals surface area (Å²) < 4.78 is 25.6. The number of benzene rings is 3. The second kappa shape index (κ2) is 12.0. The SMILES string of the molecule is COc1c(OCc2cccc(C(C)=O)c2)cccc1C1SC(c2ccc(F)cc2)=NN1C(=O)C1CCCCC1. The number of thioether (sulfide) groups is 1. The number of halogens is 1. The molecule has 39 heavy (non-hydrogen) atoms. The van der Waals surface area contributed by atoms with E-state index < -0.39 is 5.37 Å². The summed E-state index contributed by atoms with van der Waals surface area (Å²) in [7, 11) is 1.58. The number of carbonyl (C=O) groups is 2. The van der Waals surface area contributed by atoms with Crippen molar-refractivity contribution in [3.63, 3.8) is 0 Å². The van der Waals surface area contributed by atoms with Gasteiger partial charge in [-0.3, -0.25) is 9.59 Å². The van der Waals surface area contributed by atoms with E-state index in [1.54, 1.807) is 30.3 Å². The maximum atomic E-state index is 13.7. The Morgan fingerprint density at radius 3 is 2.49 bits per heavy atom. The van der Waals surface area contributed by atoms with E-state index in [-0.39, 0.29) is 30.0 Å². The van der Waals surface area contributed by atoms with Crippen molar-refractivity contribution in [1.82, 2.24) is 5.01 Å². The third kappa shape index (κ3) is 6.01. The Morgan fingerprint density at radius 1 is 1.03 bits per heavy atom. The van der Waals surface area contributed by atoms with Crippen molar-refractivity contribution in [2.24, 2.45) is 11.0 Å². The molecule has 3 aromatic carbocycles. The van der Waals surface area contributed by atoms with Gasteiger partial charge >= 0.3 is 0 Å².